The van der Waals surface area contributed by atoms with Crippen LogP contribution in [0.25, 0.3) is 0 Å². The molecule has 0 aliphatic rings. The summed E-state index contributed by atoms with van der Waals surface area (Å²) in [4.78, 5) is 25.8. The molecule has 5 nitrogen and oxygen atoms in total. The van der Waals surface area contributed by atoms with E-state index in [9.17, 15) is 9.59 Å². The number of hydrogen-bond acceptors (Lipinski definition) is 2. The summed E-state index contributed by atoms with van der Waals surface area (Å²) in [7, 11) is 0. The summed E-state index contributed by atoms with van der Waals surface area (Å²) in [6.07, 6.45) is 0. The molecule has 3 rings (SSSR count). The lowest BCUT2D eigenvalue weighted by molar-refractivity contribution is -0.118. The van der Waals surface area contributed by atoms with E-state index in [-0.39, 0.29) is 5.91 Å². The quantitative estimate of drug-likeness (QED) is 0.569. The maximum atomic E-state index is 13.0. The zero-order valence-corrected chi connectivity index (χ0v) is 16.8. The minimum absolute atomic E-state index is 0.304. The molecule has 0 heterocycles. The van der Waals surface area contributed by atoms with Crippen molar-refractivity contribution >= 4 is 23.3 Å². The Kier molecular flexibility index (Phi) is 6.29. The highest BCUT2D eigenvalue weighted by Gasteiger charge is 2.23. The lowest BCUT2D eigenvalue weighted by Gasteiger charge is -2.21. The molecular formula is C24H25N3O2. The van der Waals surface area contributed by atoms with Gasteiger partial charge in [0.2, 0.25) is 0 Å². The van der Waals surface area contributed by atoms with Gasteiger partial charge in [0.25, 0.3) is 5.91 Å². The van der Waals surface area contributed by atoms with Crippen molar-refractivity contribution in [2.24, 2.45) is 0 Å². The molecule has 0 saturated heterocycles. The van der Waals surface area contributed by atoms with Crippen molar-refractivity contribution in [3.05, 3.63) is 95.1 Å². The molecular weight excluding hydrogens is 362 g/mol. The van der Waals surface area contributed by atoms with E-state index in [2.05, 4.69) is 16.0 Å². The molecule has 0 aliphatic heterocycles. The van der Waals surface area contributed by atoms with E-state index < -0.39 is 12.1 Å². The Balaban J connectivity index is 1.82. The number of para-hydroxylation sites is 2. The van der Waals surface area contributed by atoms with Crippen LogP contribution in [0.15, 0.2) is 72.8 Å². The van der Waals surface area contributed by atoms with Gasteiger partial charge in [-0.05, 0) is 49.1 Å². The SMILES string of the molecule is Cc1ccccc1NC(=O)[C@H](NC(=O)Nc1c(C)cccc1C)c1ccccc1. The molecule has 0 aliphatic carbocycles. The first-order chi connectivity index (χ1) is 14.0. The highest BCUT2D eigenvalue weighted by molar-refractivity contribution is 6.00. The third kappa shape index (κ3) is 5.02. The normalized spacial score (nSPS) is 11.4. The van der Waals surface area contributed by atoms with Crippen LogP contribution in [0.4, 0.5) is 16.2 Å². The molecule has 0 radical (unpaired) electrons. The molecule has 0 fully saturated rings. The zero-order chi connectivity index (χ0) is 20.8. The van der Waals surface area contributed by atoms with Crippen LogP contribution >= 0.6 is 0 Å². The number of benzene rings is 3. The van der Waals surface area contributed by atoms with Crippen LogP contribution in [0, 0.1) is 20.8 Å². The van der Waals surface area contributed by atoms with Gasteiger partial charge in [0.15, 0.2) is 0 Å². The maximum Gasteiger partial charge on any atom is 0.320 e. The average molecular weight is 387 g/mol. The smallest absolute Gasteiger partial charge is 0.320 e. The summed E-state index contributed by atoms with van der Waals surface area (Å²) >= 11 is 0. The number of rotatable bonds is 5. The van der Waals surface area contributed by atoms with Crippen molar-refractivity contribution in [3.63, 3.8) is 0 Å². The zero-order valence-electron chi connectivity index (χ0n) is 16.8. The van der Waals surface area contributed by atoms with Gasteiger partial charge in [-0.3, -0.25) is 4.79 Å². The predicted octanol–water partition coefficient (Wildman–Crippen LogP) is 5.11. The fraction of sp³-hybridized carbons (Fsp3) is 0.167. The number of hydrogen-bond donors (Lipinski definition) is 3. The summed E-state index contributed by atoms with van der Waals surface area (Å²) in [6.45, 7) is 5.79. The Morgan fingerprint density at radius 2 is 1.28 bits per heavy atom. The van der Waals surface area contributed by atoms with Crippen LogP contribution in [0.5, 0.6) is 0 Å². The number of carbonyl (C=O) groups is 2. The van der Waals surface area contributed by atoms with Gasteiger partial charge in [-0.2, -0.15) is 0 Å². The van der Waals surface area contributed by atoms with E-state index in [4.69, 9.17) is 0 Å². The molecule has 3 aromatic carbocycles. The first kappa shape index (κ1) is 20.1. The molecule has 3 N–H and O–H groups in total. The lowest BCUT2D eigenvalue weighted by atomic mass is 10.1. The number of nitrogens with one attached hydrogen (secondary N) is 3. The van der Waals surface area contributed by atoms with Crippen LogP contribution in [0.1, 0.15) is 28.3 Å². The van der Waals surface area contributed by atoms with E-state index in [0.717, 1.165) is 28.1 Å². The second kappa shape index (κ2) is 9.06. The predicted molar refractivity (Wildman–Crippen MR) is 117 cm³/mol. The number of urea groups is 1. The maximum absolute atomic E-state index is 13.0. The monoisotopic (exact) mass is 387 g/mol. The summed E-state index contributed by atoms with van der Waals surface area (Å²) in [5, 5.41) is 8.61. The van der Waals surface area contributed by atoms with Crippen LogP contribution in [0.2, 0.25) is 0 Å². The van der Waals surface area contributed by atoms with Crippen molar-refractivity contribution in [2.45, 2.75) is 26.8 Å². The third-order valence-corrected chi connectivity index (χ3v) is 4.79. The first-order valence-electron chi connectivity index (χ1n) is 9.51. The molecule has 0 spiro atoms. The summed E-state index contributed by atoms with van der Waals surface area (Å²) in [5.74, 6) is -0.304. The number of aryl methyl sites for hydroxylation is 3. The molecule has 3 aromatic rings. The summed E-state index contributed by atoms with van der Waals surface area (Å²) < 4.78 is 0. The molecule has 0 bridgehead atoms. The summed E-state index contributed by atoms with van der Waals surface area (Å²) in [6, 6.07) is 21.3. The van der Waals surface area contributed by atoms with Gasteiger partial charge >= 0.3 is 6.03 Å². The molecule has 0 saturated carbocycles. The van der Waals surface area contributed by atoms with Crippen molar-refractivity contribution in [1.82, 2.24) is 5.32 Å². The number of anilines is 2. The van der Waals surface area contributed by atoms with Crippen molar-refractivity contribution in [2.75, 3.05) is 10.6 Å². The highest BCUT2D eigenvalue weighted by Crippen LogP contribution is 2.21. The fourth-order valence-corrected chi connectivity index (χ4v) is 3.16. The van der Waals surface area contributed by atoms with Crippen LogP contribution in [-0.4, -0.2) is 11.9 Å². The van der Waals surface area contributed by atoms with E-state index in [1.54, 1.807) is 0 Å². The average Bonchev–Trinajstić information content (AvgIpc) is 2.71. The van der Waals surface area contributed by atoms with Crippen LogP contribution in [-0.2, 0) is 4.79 Å². The Labute approximate surface area is 171 Å². The molecule has 0 unspecified atom stereocenters. The van der Waals surface area contributed by atoms with Gasteiger partial charge in [0, 0.05) is 11.4 Å². The molecule has 1 atom stereocenters. The molecule has 29 heavy (non-hydrogen) atoms. The largest absolute Gasteiger partial charge is 0.324 e. The van der Waals surface area contributed by atoms with Crippen LogP contribution in [0.3, 0.4) is 0 Å². The Bertz CT molecular complexity index is 995. The molecule has 3 amide bonds. The lowest BCUT2D eigenvalue weighted by Crippen LogP contribution is -2.39. The minimum Gasteiger partial charge on any atom is -0.324 e. The molecule has 5 heteroatoms. The van der Waals surface area contributed by atoms with E-state index >= 15 is 0 Å². The topological polar surface area (TPSA) is 70.2 Å². The number of carbonyl (C=O) groups excluding carboxylic acids is 2. The first-order valence-corrected chi connectivity index (χ1v) is 9.51. The van der Waals surface area contributed by atoms with Crippen molar-refractivity contribution in [1.29, 1.82) is 0 Å². The van der Waals surface area contributed by atoms with Gasteiger partial charge in [-0.25, -0.2) is 4.79 Å². The van der Waals surface area contributed by atoms with Crippen molar-refractivity contribution in [3.8, 4) is 0 Å². The van der Waals surface area contributed by atoms with Gasteiger partial charge in [0.1, 0.15) is 6.04 Å². The van der Waals surface area contributed by atoms with E-state index in [1.165, 1.54) is 0 Å². The number of amides is 3. The van der Waals surface area contributed by atoms with E-state index in [1.807, 2.05) is 93.6 Å². The van der Waals surface area contributed by atoms with Crippen molar-refractivity contribution < 1.29 is 9.59 Å². The van der Waals surface area contributed by atoms with Gasteiger partial charge in [-0.1, -0.05) is 66.7 Å². The van der Waals surface area contributed by atoms with Crippen LogP contribution < -0.4 is 16.0 Å². The Hall–Kier alpha value is -3.60. The second-order valence-electron chi connectivity index (χ2n) is 7.01. The minimum atomic E-state index is -0.833. The standard InChI is InChI=1S/C24H25N3O2/c1-16-10-7-8-15-20(16)25-23(28)22(19-13-5-4-6-14-19)27-24(29)26-21-17(2)11-9-12-18(21)3/h4-15,22H,1-3H3,(H,25,28)(H2,26,27,29)/t22-/m1/s1. The Morgan fingerprint density at radius 1 is 0.690 bits per heavy atom. The summed E-state index contributed by atoms with van der Waals surface area (Å²) in [5.41, 5.74) is 5.04. The van der Waals surface area contributed by atoms with Gasteiger partial charge in [0.05, 0.1) is 0 Å². The fourth-order valence-electron chi connectivity index (χ4n) is 3.16. The van der Waals surface area contributed by atoms with Gasteiger partial charge in [-0.15, -0.1) is 0 Å². The second-order valence-corrected chi connectivity index (χ2v) is 7.01. The Morgan fingerprint density at radius 3 is 1.93 bits per heavy atom. The molecule has 0 aromatic heterocycles. The highest BCUT2D eigenvalue weighted by atomic mass is 16.2. The van der Waals surface area contributed by atoms with E-state index in [0.29, 0.717) is 5.56 Å². The third-order valence-electron chi connectivity index (χ3n) is 4.79. The van der Waals surface area contributed by atoms with Gasteiger partial charge < -0.3 is 16.0 Å². The molecule has 148 valence electrons.